The van der Waals surface area contributed by atoms with Gasteiger partial charge in [-0.05, 0) is 87.2 Å². The minimum absolute atomic E-state index is 0.204. The zero-order valence-corrected chi connectivity index (χ0v) is 26.6. The number of hydrogen-bond acceptors (Lipinski definition) is 10. The fraction of sp³-hybridized carbons (Fsp3) is 0.286. The van der Waals surface area contributed by atoms with Gasteiger partial charge < -0.3 is 23.7 Å². The van der Waals surface area contributed by atoms with E-state index in [0.717, 1.165) is 0 Å². The molecule has 3 aromatic rings. The van der Waals surface area contributed by atoms with Gasteiger partial charge in [0, 0.05) is 6.20 Å². The average Bonchev–Trinajstić information content (AvgIpc) is 3.27. The smallest absolute Gasteiger partial charge is 0.343 e. The molecule has 0 saturated heterocycles. The van der Waals surface area contributed by atoms with Crippen molar-refractivity contribution in [2.45, 2.75) is 19.9 Å². The Bertz CT molecular complexity index is 1670. The number of esters is 2. The van der Waals surface area contributed by atoms with Crippen molar-refractivity contribution in [1.82, 2.24) is 4.57 Å². The molecule has 2 aromatic carbocycles. The molecule has 0 unspecified atom stereocenters. The second kappa shape index (κ2) is 13.5. The number of thiazole rings is 1. The lowest BCUT2D eigenvalue weighted by Gasteiger charge is -2.23. The summed E-state index contributed by atoms with van der Waals surface area (Å²) < 4.78 is 29.7. The Morgan fingerprint density at radius 1 is 1.00 bits per heavy atom. The van der Waals surface area contributed by atoms with Gasteiger partial charge >= 0.3 is 11.9 Å². The average molecular weight is 710 g/mol. The number of carbonyl (C=O) groups is 2. The van der Waals surface area contributed by atoms with Gasteiger partial charge in [0.2, 0.25) is 0 Å². The molecular formula is C28H26Br2N2O8S. The summed E-state index contributed by atoms with van der Waals surface area (Å²) in [5.74, 6) is 0.354. The zero-order valence-electron chi connectivity index (χ0n) is 22.6. The van der Waals surface area contributed by atoms with Crippen LogP contribution in [0.2, 0.25) is 0 Å². The lowest BCUT2D eigenvalue weighted by atomic mass is 9.97. The van der Waals surface area contributed by atoms with Crippen LogP contribution < -0.4 is 29.1 Å². The van der Waals surface area contributed by atoms with Crippen molar-refractivity contribution in [2.24, 2.45) is 4.99 Å². The first-order valence-electron chi connectivity index (χ1n) is 12.4. The van der Waals surface area contributed by atoms with E-state index in [4.69, 9.17) is 18.9 Å². The molecule has 0 N–H and O–H groups in total. The van der Waals surface area contributed by atoms with E-state index in [1.54, 1.807) is 36.4 Å². The Morgan fingerprint density at radius 3 is 2.32 bits per heavy atom. The van der Waals surface area contributed by atoms with Crippen LogP contribution in [0.15, 0.2) is 60.8 Å². The molecule has 0 aliphatic carbocycles. The van der Waals surface area contributed by atoms with Crippen LogP contribution in [-0.2, 0) is 19.1 Å². The van der Waals surface area contributed by atoms with E-state index in [9.17, 15) is 14.4 Å². The Kier molecular flexibility index (Phi) is 10.1. The number of carbonyl (C=O) groups excluding carboxylic acids is 2. The maximum atomic E-state index is 13.8. The van der Waals surface area contributed by atoms with Crippen molar-refractivity contribution in [3.8, 4) is 17.2 Å². The van der Waals surface area contributed by atoms with Gasteiger partial charge in [-0.1, -0.05) is 17.4 Å². The number of benzene rings is 2. The van der Waals surface area contributed by atoms with Crippen LogP contribution in [0.4, 0.5) is 0 Å². The SMILES string of the molecule is CCOc1ccc([C@H]2C(C(=O)OC)=CN=c3s/c(=C\c4cc(Br)c(OCC(=O)OC)c(Br)c4)c(=O)n32)cc1OCC. The van der Waals surface area contributed by atoms with E-state index in [0.29, 0.717) is 59.9 Å². The van der Waals surface area contributed by atoms with E-state index in [2.05, 4.69) is 41.6 Å². The summed E-state index contributed by atoms with van der Waals surface area (Å²) in [7, 11) is 2.56. The van der Waals surface area contributed by atoms with Crippen LogP contribution >= 0.6 is 43.2 Å². The maximum Gasteiger partial charge on any atom is 0.343 e. The van der Waals surface area contributed by atoms with Crippen LogP contribution in [0.25, 0.3) is 6.08 Å². The van der Waals surface area contributed by atoms with E-state index in [-0.39, 0.29) is 17.7 Å². The molecule has 13 heteroatoms. The highest BCUT2D eigenvalue weighted by Crippen LogP contribution is 2.36. The molecule has 10 nitrogen and oxygen atoms in total. The summed E-state index contributed by atoms with van der Waals surface area (Å²) >= 11 is 8.11. The lowest BCUT2D eigenvalue weighted by Crippen LogP contribution is -2.39. The lowest BCUT2D eigenvalue weighted by molar-refractivity contribution is -0.143. The number of aromatic nitrogens is 1. The van der Waals surface area contributed by atoms with Crippen LogP contribution in [0, 0.1) is 0 Å². The molecule has 1 atom stereocenters. The van der Waals surface area contributed by atoms with Gasteiger partial charge in [-0.15, -0.1) is 0 Å². The Hall–Kier alpha value is -3.42. The van der Waals surface area contributed by atoms with Gasteiger partial charge in [-0.3, -0.25) is 9.36 Å². The normalized spacial score (nSPS) is 14.4. The summed E-state index contributed by atoms with van der Waals surface area (Å²) in [6, 6.07) is 8.02. The summed E-state index contributed by atoms with van der Waals surface area (Å²) in [6.07, 6.45) is 3.15. The molecule has 0 fully saturated rings. The van der Waals surface area contributed by atoms with Gasteiger partial charge in [-0.25, -0.2) is 14.6 Å². The van der Waals surface area contributed by atoms with Crippen molar-refractivity contribution in [1.29, 1.82) is 0 Å². The number of hydrogen-bond donors (Lipinski definition) is 0. The molecule has 216 valence electrons. The van der Waals surface area contributed by atoms with E-state index < -0.39 is 18.0 Å². The van der Waals surface area contributed by atoms with Crippen LogP contribution in [0.3, 0.4) is 0 Å². The number of ether oxygens (including phenoxy) is 5. The molecule has 0 bridgehead atoms. The summed E-state index contributed by atoms with van der Waals surface area (Å²) in [5.41, 5.74) is 1.19. The van der Waals surface area contributed by atoms with Crippen molar-refractivity contribution in [3.05, 3.63) is 81.9 Å². The third-order valence-electron chi connectivity index (χ3n) is 5.89. The van der Waals surface area contributed by atoms with Crippen LogP contribution in [-0.4, -0.2) is 50.5 Å². The summed E-state index contributed by atoms with van der Waals surface area (Å²) in [6.45, 7) is 4.33. The predicted octanol–water partition coefficient (Wildman–Crippen LogP) is 3.89. The number of nitrogens with zero attached hydrogens (tertiary/aromatic N) is 2. The fourth-order valence-electron chi connectivity index (χ4n) is 4.13. The van der Waals surface area contributed by atoms with Gasteiger partial charge in [0.1, 0.15) is 5.75 Å². The first-order chi connectivity index (χ1) is 19.7. The molecule has 4 rings (SSSR count). The van der Waals surface area contributed by atoms with Crippen LogP contribution in [0.5, 0.6) is 17.2 Å². The minimum atomic E-state index is -0.802. The second-order valence-electron chi connectivity index (χ2n) is 8.43. The molecule has 0 saturated carbocycles. The first kappa shape index (κ1) is 30.5. The second-order valence-corrected chi connectivity index (χ2v) is 11.1. The van der Waals surface area contributed by atoms with Crippen molar-refractivity contribution in [2.75, 3.05) is 34.0 Å². The molecule has 0 amide bonds. The van der Waals surface area contributed by atoms with Gasteiger partial charge in [0.05, 0.1) is 52.5 Å². The topological polar surface area (TPSA) is 115 Å². The molecule has 1 aromatic heterocycles. The highest BCUT2D eigenvalue weighted by atomic mass is 79.9. The van der Waals surface area contributed by atoms with Gasteiger partial charge in [0.15, 0.2) is 22.9 Å². The molecule has 41 heavy (non-hydrogen) atoms. The maximum absolute atomic E-state index is 13.8. The summed E-state index contributed by atoms with van der Waals surface area (Å²) in [5, 5.41) is 0. The fourth-order valence-corrected chi connectivity index (χ4v) is 6.55. The Balaban J connectivity index is 1.82. The predicted molar refractivity (Wildman–Crippen MR) is 159 cm³/mol. The molecular weight excluding hydrogens is 684 g/mol. The third-order valence-corrected chi connectivity index (χ3v) is 8.06. The molecule has 1 aliphatic heterocycles. The molecule has 0 radical (unpaired) electrons. The third kappa shape index (κ3) is 6.57. The number of fused-ring (bicyclic) bond motifs is 1. The number of rotatable bonds is 10. The van der Waals surface area contributed by atoms with E-state index in [1.165, 1.54) is 36.3 Å². The van der Waals surface area contributed by atoms with Crippen molar-refractivity contribution < 1.29 is 33.3 Å². The Morgan fingerprint density at radius 2 is 1.68 bits per heavy atom. The van der Waals surface area contributed by atoms with Crippen molar-refractivity contribution >= 4 is 61.2 Å². The number of methoxy groups -OCH3 is 2. The van der Waals surface area contributed by atoms with Gasteiger partial charge in [0.25, 0.3) is 5.56 Å². The minimum Gasteiger partial charge on any atom is -0.490 e. The quantitative estimate of drug-likeness (QED) is 0.292. The van der Waals surface area contributed by atoms with E-state index in [1.807, 2.05) is 13.8 Å². The summed E-state index contributed by atoms with van der Waals surface area (Å²) in [4.78, 5) is 42.9. The number of halogens is 2. The first-order valence-corrected chi connectivity index (χ1v) is 14.8. The van der Waals surface area contributed by atoms with Gasteiger partial charge in [-0.2, -0.15) is 0 Å². The largest absolute Gasteiger partial charge is 0.490 e. The zero-order chi connectivity index (χ0) is 29.7. The molecule has 1 aliphatic rings. The highest BCUT2D eigenvalue weighted by molar-refractivity contribution is 9.11. The van der Waals surface area contributed by atoms with Crippen LogP contribution in [0.1, 0.15) is 31.0 Å². The monoisotopic (exact) mass is 708 g/mol. The van der Waals surface area contributed by atoms with E-state index >= 15 is 0 Å². The standard InChI is InChI=1S/C28H26Br2N2O8S/c1-5-38-20-8-7-16(12-21(20)39-6-2)24-17(27(35)37-4)13-31-28-32(24)26(34)22(41-28)11-15-9-18(29)25(19(30)10-15)40-14-23(33)36-3/h7-13,24H,5-6,14H2,1-4H3/b22-11-/t24-/m0/s1. The van der Waals surface area contributed by atoms with Crippen molar-refractivity contribution in [3.63, 3.8) is 0 Å². The molecule has 2 heterocycles. The molecule has 0 spiro atoms. The Labute approximate surface area is 256 Å². The highest BCUT2D eigenvalue weighted by Gasteiger charge is 2.31.